The van der Waals surface area contributed by atoms with Gasteiger partial charge < -0.3 is 10.1 Å². The molecule has 1 N–H and O–H groups in total. The molecule has 0 spiro atoms. The lowest BCUT2D eigenvalue weighted by Gasteiger charge is -2.22. The number of nitrogens with zero attached hydrogens (tertiary/aromatic N) is 1. The maximum atomic E-state index is 13.2. The third kappa shape index (κ3) is 4.49. The van der Waals surface area contributed by atoms with Gasteiger partial charge in [-0.3, -0.25) is 10.1 Å². The highest BCUT2D eigenvalue weighted by atomic mass is 19.1. The van der Waals surface area contributed by atoms with E-state index < -0.39 is 34.2 Å². The summed E-state index contributed by atoms with van der Waals surface area (Å²) < 4.78 is 18.3. The highest BCUT2D eigenvalue weighted by Gasteiger charge is 2.20. The molecule has 0 saturated carbocycles. The fourth-order valence-corrected chi connectivity index (χ4v) is 1.51. The molecule has 110 valence electrons. The third-order valence-electron chi connectivity index (χ3n) is 2.40. The molecule has 1 aromatic rings. The van der Waals surface area contributed by atoms with Gasteiger partial charge in [0, 0.05) is 6.07 Å². The first kappa shape index (κ1) is 15.9. The van der Waals surface area contributed by atoms with E-state index in [1.165, 1.54) is 6.07 Å². The van der Waals surface area contributed by atoms with Gasteiger partial charge in [-0.1, -0.05) is 6.07 Å². The molecule has 0 aliphatic rings. The summed E-state index contributed by atoms with van der Waals surface area (Å²) in [5, 5.41) is 13.2. The first-order valence-electron chi connectivity index (χ1n) is 6.03. The van der Waals surface area contributed by atoms with Crippen LogP contribution in [0.15, 0.2) is 18.2 Å². The van der Waals surface area contributed by atoms with E-state index in [1.54, 1.807) is 27.7 Å². The van der Waals surface area contributed by atoms with E-state index in [4.69, 9.17) is 4.74 Å². The number of carbonyl (C=O) groups excluding carboxylic acids is 1. The molecule has 1 rings (SSSR count). The molecule has 0 aliphatic carbocycles. The van der Waals surface area contributed by atoms with Gasteiger partial charge in [-0.05, 0) is 39.3 Å². The summed E-state index contributed by atoms with van der Waals surface area (Å²) in [5.41, 5.74) is -0.845. The first-order chi connectivity index (χ1) is 9.10. The normalized spacial score (nSPS) is 12.7. The molecular formula is C13H17FN2O4. The maximum absolute atomic E-state index is 13.2. The molecule has 0 fully saturated rings. The molecule has 0 bridgehead atoms. The lowest BCUT2D eigenvalue weighted by atomic mass is 10.1. The Kier molecular flexibility index (Phi) is 4.65. The van der Waals surface area contributed by atoms with Crippen molar-refractivity contribution >= 4 is 11.8 Å². The van der Waals surface area contributed by atoms with Crippen LogP contribution >= 0.6 is 0 Å². The van der Waals surface area contributed by atoms with Gasteiger partial charge in [-0.25, -0.2) is 4.79 Å². The highest BCUT2D eigenvalue weighted by Crippen LogP contribution is 2.22. The molecular weight excluding hydrogens is 267 g/mol. The Bertz CT molecular complexity index is 526. The van der Waals surface area contributed by atoms with Crippen LogP contribution < -0.4 is 5.32 Å². The van der Waals surface area contributed by atoms with Crippen molar-refractivity contribution in [1.29, 1.82) is 0 Å². The van der Waals surface area contributed by atoms with E-state index in [0.717, 1.165) is 12.1 Å². The SMILES string of the molecule is C[C@@H](NC(=O)OC(C)(C)C)c1ccc(F)c([N+](=O)[O-])c1. The molecule has 0 aromatic heterocycles. The smallest absolute Gasteiger partial charge is 0.408 e. The van der Waals surface area contributed by atoms with Gasteiger partial charge in [-0.2, -0.15) is 4.39 Å². The fraction of sp³-hybridized carbons (Fsp3) is 0.462. The van der Waals surface area contributed by atoms with Crippen molar-refractivity contribution in [1.82, 2.24) is 5.32 Å². The summed E-state index contributed by atoms with van der Waals surface area (Å²) in [6, 6.07) is 2.94. The second-order valence-electron chi connectivity index (χ2n) is 5.34. The molecule has 7 heteroatoms. The predicted molar refractivity (Wildman–Crippen MR) is 70.8 cm³/mol. The quantitative estimate of drug-likeness (QED) is 0.682. The number of nitrogens with one attached hydrogen (secondary N) is 1. The Balaban J connectivity index is 2.83. The molecule has 0 aliphatic heterocycles. The van der Waals surface area contributed by atoms with E-state index in [2.05, 4.69) is 5.32 Å². The molecule has 1 aromatic carbocycles. The number of benzene rings is 1. The zero-order chi connectivity index (χ0) is 15.5. The van der Waals surface area contributed by atoms with Gasteiger partial charge in [-0.15, -0.1) is 0 Å². The van der Waals surface area contributed by atoms with Gasteiger partial charge in [0.1, 0.15) is 5.60 Å². The summed E-state index contributed by atoms with van der Waals surface area (Å²) in [4.78, 5) is 21.4. The second kappa shape index (κ2) is 5.85. The summed E-state index contributed by atoms with van der Waals surface area (Å²) in [5.74, 6) is -0.914. The molecule has 20 heavy (non-hydrogen) atoms. The zero-order valence-electron chi connectivity index (χ0n) is 11.8. The van der Waals surface area contributed by atoms with Crippen molar-refractivity contribution in [3.8, 4) is 0 Å². The van der Waals surface area contributed by atoms with E-state index in [9.17, 15) is 19.3 Å². The van der Waals surface area contributed by atoms with E-state index in [1.807, 2.05) is 0 Å². The van der Waals surface area contributed by atoms with Crippen LogP contribution in [0, 0.1) is 15.9 Å². The van der Waals surface area contributed by atoms with E-state index in [0.29, 0.717) is 5.56 Å². The number of nitro groups is 1. The van der Waals surface area contributed by atoms with Crippen molar-refractivity contribution in [3.63, 3.8) is 0 Å². The number of alkyl carbamates (subject to hydrolysis) is 1. The summed E-state index contributed by atoms with van der Waals surface area (Å²) in [6.45, 7) is 6.79. The summed E-state index contributed by atoms with van der Waals surface area (Å²) in [6.07, 6.45) is -0.642. The van der Waals surface area contributed by atoms with Gasteiger partial charge in [0.25, 0.3) is 0 Å². The van der Waals surface area contributed by atoms with Crippen LogP contribution in [-0.4, -0.2) is 16.6 Å². The van der Waals surface area contributed by atoms with Gasteiger partial charge >= 0.3 is 11.8 Å². The van der Waals surface area contributed by atoms with Gasteiger partial charge in [0.2, 0.25) is 5.82 Å². The monoisotopic (exact) mass is 284 g/mol. The zero-order valence-corrected chi connectivity index (χ0v) is 11.8. The largest absolute Gasteiger partial charge is 0.444 e. The summed E-state index contributed by atoms with van der Waals surface area (Å²) in [7, 11) is 0. The minimum atomic E-state index is -0.914. The van der Waals surface area contributed by atoms with Crippen LogP contribution in [-0.2, 0) is 4.74 Å². The maximum Gasteiger partial charge on any atom is 0.408 e. The number of rotatable bonds is 3. The Labute approximate surface area is 116 Å². The third-order valence-corrected chi connectivity index (χ3v) is 2.40. The standard InChI is InChI=1S/C13H17FN2O4/c1-8(15-12(17)20-13(2,3)4)9-5-6-10(14)11(7-9)16(18)19/h5-8H,1-4H3,(H,15,17)/t8-/m1/s1. The van der Waals surface area contributed by atoms with Crippen molar-refractivity contribution in [3.05, 3.63) is 39.7 Å². The Morgan fingerprint density at radius 3 is 2.55 bits per heavy atom. The van der Waals surface area contributed by atoms with Crippen molar-refractivity contribution in [2.75, 3.05) is 0 Å². The molecule has 0 unspecified atom stereocenters. The number of hydrogen-bond acceptors (Lipinski definition) is 4. The van der Waals surface area contributed by atoms with E-state index in [-0.39, 0.29) is 0 Å². The Morgan fingerprint density at radius 1 is 1.45 bits per heavy atom. The lowest BCUT2D eigenvalue weighted by molar-refractivity contribution is -0.387. The lowest BCUT2D eigenvalue weighted by Crippen LogP contribution is -2.34. The number of nitro benzene ring substituents is 1. The van der Waals surface area contributed by atoms with Crippen LogP contribution in [0.25, 0.3) is 0 Å². The number of carbonyl (C=O) groups is 1. The molecule has 0 saturated heterocycles. The molecule has 1 atom stereocenters. The topological polar surface area (TPSA) is 81.5 Å². The van der Waals surface area contributed by atoms with Crippen LogP contribution in [0.3, 0.4) is 0 Å². The van der Waals surface area contributed by atoms with Crippen molar-refractivity contribution in [2.45, 2.75) is 39.3 Å². The molecule has 6 nitrogen and oxygen atoms in total. The van der Waals surface area contributed by atoms with E-state index >= 15 is 0 Å². The van der Waals surface area contributed by atoms with Gasteiger partial charge in [0.05, 0.1) is 11.0 Å². The van der Waals surface area contributed by atoms with Crippen LogP contribution in [0.4, 0.5) is 14.9 Å². The summed E-state index contributed by atoms with van der Waals surface area (Å²) >= 11 is 0. The number of hydrogen-bond donors (Lipinski definition) is 1. The van der Waals surface area contributed by atoms with Gasteiger partial charge in [0.15, 0.2) is 0 Å². The number of ether oxygens (including phenoxy) is 1. The molecule has 1 amide bonds. The van der Waals surface area contributed by atoms with Crippen LogP contribution in [0.2, 0.25) is 0 Å². The highest BCUT2D eigenvalue weighted by molar-refractivity contribution is 5.68. The predicted octanol–water partition coefficient (Wildman–Crippen LogP) is 3.32. The molecule has 0 heterocycles. The minimum absolute atomic E-state index is 0.420. The average molecular weight is 284 g/mol. The van der Waals surface area contributed by atoms with Crippen LogP contribution in [0.1, 0.15) is 39.3 Å². The number of amides is 1. The first-order valence-corrected chi connectivity index (χ1v) is 6.03. The Morgan fingerprint density at radius 2 is 2.05 bits per heavy atom. The second-order valence-corrected chi connectivity index (χ2v) is 5.34. The average Bonchev–Trinajstić information content (AvgIpc) is 2.26. The Hall–Kier alpha value is -2.18. The minimum Gasteiger partial charge on any atom is -0.444 e. The van der Waals surface area contributed by atoms with Crippen molar-refractivity contribution in [2.24, 2.45) is 0 Å². The molecule has 0 radical (unpaired) electrons. The fourth-order valence-electron chi connectivity index (χ4n) is 1.51. The van der Waals surface area contributed by atoms with Crippen LogP contribution in [0.5, 0.6) is 0 Å². The number of halogens is 1. The van der Waals surface area contributed by atoms with Crippen molar-refractivity contribution < 1.29 is 18.8 Å².